The maximum absolute atomic E-state index is 3.19. The van der Waals surface area contributed by atoms with Crippen LogP contribution in [0.1, 0.15) is 0 Å². The summed E-state index contributed by atoms with van der Waals surface area (Å²) < 4.78 is 12.8. The van der Waals surface area contributed by atoms with Crippen LogP contribution in [0.15, 0.2) is 16.9 Å². The molecule has 11 heteroatoms. The summed E-state index contributed by atoms with van der Waals surface area (Å²) in [5.41, 5.74) is 0. The van der Waals surface area contributed by atoms with E-state index in [1.807, 2.05) is 85.4 Å². The van der Waals surface area contributed by atoms with Crippen LogP contribution < -0.4 is 9.44 Å². The van der Waals surface area contributed by atoms with E-state index in [0.717, 1.165) is 2.10 Å². The summed E-state index contributed by atoms with van der Waals surface area (Å²) in [5, 5.41) is 0. The number of nitrogens with one attached hydrogen (secondary N) is 2. The van der Waals surface area contributed by atoms with Crippen LogP contribution in [0.2, 0.25) is 0 Å². The van der Waals surface area contributed by atoms with Gasteiger partial charge in [-0.3, -0.25) is 9.44 Å². The number of rotatable bonds is 6. The second kappa shape index (κ2) is 8.14. The molecular formula is C8H14N3S8+. The second-order valence-corrected chi connectivity index (χ2v) is 13.6. The van der Waals surface area contributed by atoms with Crippen molar-refractivity contribution >= 4 is 95.2 Å². The predicted octanol–water partition coefficient (Wildman–Crippen LogP) is 5.14. The number of hydrogen-bond acceptors (Lipinski definition) is 10. The number of thioether (sulfide) groups is 2. The van der Waals surface area contributed by atoms with E-state index in [4.69, 9.17) is 0 Å². The van der Waals surface area contributed by atoms with E-state index in [0.29, 0.717) is 0 Å². The van der Waals surface area contributed by atoms with Crippen LogP contribution in [0.4, 0.5) is 0 Å². The molecule has 0 radical (unpaired) electrons. The third-order valence-electron chi connectivity index (χ3n) is 1.87. The average Bonchev–Trinajstić information content (AvgIpc) is 2.92. The first-order chi connectivity index (χ1) is 9.18. The molecule has 19 heavy (non-hydrogen) atoms. The minimum absolute atomic E-state index is 0.861. The molecule has 0 saturated heterocycles. The van der Waals surface area contributed by atoms with Gasteiger partial charge in [-0.1, -0.05) is 2.10 Å². The summed E-state index contributed by atoms with van der Waals surface area (Å²) in [5.74, 6) is 0. The topological polar surface area (TPSA) is 24.1 Å². The second-order valence-electron chi connectivity index (χ2n) is 2.98. The lowest BCUT2D eigenvalue weighted by molar-refractivity contribution is -0.264. The summed E-state index contributed by atoms with van der Waals surface area (Å²) in [6.07, 6.45) is 4.32. The van der Waals surface area contributed by atoms with Crippen LogP contribution in [0.5, 0.6) is 0 Å². The Balaban J connectivity index is 2.11. The molecule has 1 spiro atoms. The first-order valence-electron chi connectivity index (χ1n) is 5.09. The SMILES string of the molecule is CNSC1=C(SNC)S[N+]2(SC(SC)=C(SC)S2)S1. The van der Waals surface area contributed by atoms with Gasteiger partial charge in [0.05, 0.1) is 0 Å². The normalized spacial score (nSPS) is 22.1. The highest BCUT2D eigenvalue weighted by Gasteiger charge is 2.53. The van der Waals surface area contributed by atoms with Gasteiger partial charge in [-0.25, -0.2) is 0 Å². The maximum atomic E-state index is 3.19. The van der Waals surface area contributed by atoms with Crippen molar-refractivity contribution in [3.8, 4) is 0 Å². The zero-order chi connectivity index (χ0) is 13.9. The molecule has 2 aliphatic rings. The molecule has 0 atom stereocenters. The molecule has 0 aliphatic carbocycles. The Morgan fingerprint density at radius 3 is 1.42 bits per heavy atom. The van der Waals surface area contributed by atoms with Crippen LogP contribution in [0.3, 0.4) is 0 Å². The molecule has 0 unspecified atom stereocenters. The van der Waals surface area contributed by atoms with Gasteiger partial charge in [0.1, 0.15) is 16.9 Å². The standard InChI is InChI=1S/C8H14N3S8/c1-9-14-7-8(15-10-2)19-11(18-7)16-5(12-3)6(13-4)17-11/h9-10H,1-4H3/q+1. The molecule has 108 valence electrons. The molecular weight excluding hydrogens is 395 g/mol. The summed E-state index contributed by atoms with van der Waals surface area (Å²) in [4.78, 5) is 0. The fraction of sp³-hybridized carbons (Fsp3) is 0.500. The average molecular weight is 409 g/mol. The van der Waals surface area contributed by atoms with E-state index < -0.39 is 0 Å². The molecule has 0 amide bonds. The van der Waals surface area contributed by atoms with E-state index in [1.165, 1.54) is 16.9 Å². The zero-order valence-electron chi connectivity index (χ0n) is 10.7. The van der Waals surface area contributed by atoms with Crippen molar-refractivity contribution in [1.82, 2.24) is 9.44 Å². The zero-order valence-corrected chi connectivity index (χ0v) is 17.2. The van der Waals surface area contributed by atoms with Gasteiger partial charge in [-0.15, -0.1) is 23.5 Å². The maximum Gasteiger partial charge on any atom is 0.162 e. The van der Waals surface area contributed by atoms with Crippen LogP contribution in [0, 0.1) is 0 Å². The van der Waals surface area contributed by atoms with E-state index in [2.05, 4.69) is 22.0 Å². The van der Waals surface area contributed by atoms with Gasteiger partial charge in [0.25, 0.3) is 0 Å². The Labute approximate surface area is 149 Å². The van der Waals surface area contributed by atoms with E-state index in [-0.39, 0.29) is 0 Å². The highest BCUT2D eigenvalue weighted by Crippen LogP contribution is 2.74. The van der Waals surface area contributed by atoms with Gasteiger partial charge in [-0.05, 0) is 50.5 Å². The number of quaternary nitrogens is 1. The predicted molar refractivity (Wildman–Crippen MR) is 105 cm³/mol. The van der Waals surface area contributed by atoms with E-state index in [9.17, 15) is 0 Å². The Kier molecular flexibility index (Phi) is 7.50. The van der Waals surface area contributed by atoms with Crippen LogP contribution in [-0.2, 0) is 0 Å². The van der Waals surface area contributed by atoms with Crippen LogP contribution in [0.25, 0.3) is 0 Å². The Morgan fingerprint density at radius 1 is 0.737 bits per heavy atom. The molecule has 0 fully saturated rings. The molecule has 0 saturated carbocycles. The molecule has 0 aromatic carbocycles. The van der Waals surface area contributed by atoms with Crippen molar-refractivity contribution in [3.63, 3.8) is 0 Å². The molecule has 2 heterocycles. The van der Waals surface area contributed by atoms with Crippen molar-refractivity contribution in [1.29, 1.82) is 0 Å². The summed E-state index contributed by atoms with van der Waals surface area (Å²) in [6.45, 7) is 0. The highest BCUT2D eigenvalue weighted by molar-refractivity contribution is 8.45. The van der Waals surface area contributed by atoms with Crippen molar-refractivity contribution < 1.29 is 2.10 Å². The molecule has 0 aromatic rings. The first-order valence-corrected chi connectivity index (χ1v) is 12.3. The molecule has 3 nitrogen and oxygen atoms in total. The fourth-order valence-electron chi connectivity index (χ4n) is 1.21. The van der Waals surface area contributed by atoms with Crippen molar-refractivity contribution in [2.75, 3.05) is 26.6 Å². The van der Waals surface area contributed by atoms with Gasteiger partial charge in [-0.2, -0.15) is 0 Å². The number of hydrogen-bond donors (Lipinski definition) is 2. The highest BCUT2D eigenvalue weighted by atomic mass is 32.4. The number of nitrogens with zero attached hydrogens (tertiary/aromatic N) is 1. The van der Waals surface area contributed by atoms with Gasteiger partial charge in [0.2, 0.25) is 0 Å². The third kappa shape index (κ3) is 4.12. The summed E-state index contributed by atoms with van der Waals surface area (Å²) in [7, 11) is 3.94. The van der Waals surface area contributed by atoms with Crippen LogP contribution in [-0.4, -0.2) is 28.7 Å². The van der Waals surface area contributed by atoms with E-state index >= 15 is 0 Å². The lowest BCUT2D eigenvalue weighted by Crippen LogP contribution is -2.07. The smallest absolute Gasteiger partial charge is 0.162 e. The Morgan fingerprint density at radius 2 is 1.11 bits per heavy atom. The first kappa shape index (κ1) is 17.5. The molecule has 0 bridgehead atoms. The molecule has 2 aliphatic heterocycles. The van der Waals surface area contributed by atoms with Gasteiger partial charge in [0, 0.05) is 0 Å². The molecule has 0 aromatic heterocycles. The van der Waals surface area contributed by atoms with Gasteiger partial charge in [0.15, 0.2) is 47.8 Å². The Hall–Kier alpha value is 2.16. The minimum Gasteiger partial charge on any atom is -0.262 e. The summed E-state index contributed by atoms with van der Waals surface area (Å²) >= 11 is 14.8. The van der Waals surface area contributed by atoms with Crippen molar-refractivity contribution in [2.45, 2.75) is 0 Å². The summed E-state index contributed by atoms with van der Waals surface area (Å²) in [6, 6.07) is 0. The van der Waals surface area contributed by atoms with E-state index in [1.54, 1.807) is 23.9 Å². The lowest BCUT2D eigenvalue weighted by atomic mass is 11.2. The van der Waals surface area contributed by atoms with Gasteiger partial charge < -0.3 is 0 Å². The third-order valence-corrected chi connectivity index (χ3v) is 12.7. The fourth-order valence-corrected chi connectivity index (χ4v) is 13.6. The van der Waals surface area contributed by atoms with Crippen LogP contribution >= 0.6 is 95.2 Å². The Bertz CT molecular complexity index is 373. The molecule has 2 rings (SSSR count). The lowest BCUT2D eigenvalue weighted by Gasteiger charge is -2.16. The minimum atomic E-state index is 0.861. The van der Waals surface area contributed by atoms with Gasteiger partial charge >= 0.3 is 0 Å². The van der Waals surface area contributed by atoms with Crippen molar-refractivity contribution in [2.24, 2.45) is 0 Å². The quantitative estimate of drug-likeness (QED) is 0.454. The van der Waals surface area contributed by atoms with Crippen molar-refractivity contribution in [3.05, 3.63) is 16.9 Å². The molecule has 2 N–H and O–H groups in total. The largest absolute Gasteiger partial charge is 0.262 e. The monoisotopic (exact) mass is 408 g/mol.